The number of hydrogen-bond acceptors (Lipinski definition) is 1. The lowest BCUT2D eigenvalue weighted by molar-refractivity contribution is 0.329. The molecule has 0 aliphatic heterocycles. The van der Waals surface area contributed by atoms with Crippen molar-refractivity contribution in [3.63, 3.8) is 0 Å². The van der Waals surface area contributed by atoms with Crippen molar-refractivity contribution in [3.8, 4) is 0 Å². The Bertz CT molecular complexity index is 143. The molecule has 0 aromatic rings. The van der Waals surface area contributed by atoms with Crippen LogP contribution in [0.3, 0.4) is 0 Å². The van der Waals surface area contributed by atoms with E-state index in [0.717, 1.165) is 12.0 Å². The van der Waals surface area contributed by atoms with E-state index in [-0.39, 0.29) is 6.61 Å². The molecular weight excluding hydrogens is 172 g/mol. The highest BCUT2D eigenvalue weighted by atomic mass is 16.3. The second-order valence-corrected chi connectivity index (χ2v) is 1.97. The first-order chi connectivity index (χ1) is 6.85. The molecule has 1 nitrogen and oxygen atoms in total. The predicted octanol–water partition coefficient (Wildman–Crippen LogP) is 4.11. The SMILES string of the molecule is C=C/C=C\C/C(=C\C)CO.CC.CC. The van der Waals surface area contributed by atoms with Crippen molar-refractivity contribution in [2.24, 2.45) is 0 Å². The third-order valence-electron chi connectivity index (χ3n) is 1.26. The van der Waals surface area contributed by atoms with Gasteiger partial charge >= 0.3 is 0 Å². The second kappa shape index (κ2) is 22.8. The summed E-state index contributed by atoms with van der Waals surface area (Å²) in [6, 6.07) is 0. The minimum atomic E-state index is 0.151. The van der Waals surface area contributed by atoms with Gasteiger partial charge in [-0.1, -0.05) is 58.6 Å². The minimum absolute atomic E-state index is 0.151. The molecule has 0 aliphatic carbocycles. The molecule has 0 aromatic heterocycles. The van der Waals surface area contributed by atoms with Crippen molar-refractivity contribution in [1.29, 1.82) is 0 Å². The lowest BCUT2D eigenvalue weighted by Crippen LogP contribution is -1.86. The smallest absolute Gasteiger partial charge is 0.0644 e. The summed E-state index contributed by atoms with van der Waals surface area (Å²) in [5, 5.41) is 8.70. The zero-order valence-electron chi connectivity index (χ0n) is 10.4. The lowest BCUT2D eigenvalue weighted by atomic mass is 10.2. The summed E-state index contributed by atoms with van der Waals surface area (Å²) in [4.78, 5) is 0. The van der Waals surface area contributed by atoms with Crippen molar-refractivity contribution in [2.45, 2.75) is 41.0 Å². The molecule has 0 amide bonds. The van der Waals surface area contributed by atoms with Crippen LogP contribution in [-0.4, -0.2) is 11.7 Å². The van der Waals surface area contributed by atoms with Gasteiger partial charge in [0.15, 0.2) is 0 Å². The van der Waals surface area contributed by atoms with Crippen LogP contribution in [-0.2, 0) is 0 Å². The second-order valence-electron chi connectivity index (χ2n) is 1.97. The molecule has 0 radical (unpaired) electrons. The van der Waals surface area contributed by atoms with Crippen LogP contribution in [0.4, 0.5) is 0 Å². The van der Waals surface area contributed by atoms with Gasteiger partial charge in [0.25, 0.3) is 0 Å². The van der Waals surface area contributed by atoms with E-state index < -0.39 is 0 Å². The predicted molar refractivity (Wildman–Crippen MR) is 67.5 cm³/mol. The largest absolute Gasteiger partial charge is 0.392 e. The average Bonchev–Trinajstić information content (AvgIpc) is 2.30. The highest BCUT2D eigenvalue weighted by Gasteiger charge is 1.86. The van der Waals surface area contributed by atoms with Crippen LogP contribution in [0.2, 0.25) is 0 Å². The Balaban J connectivity index is -0.000000266. The number of aliphatic hydroxyl groups is 1. The van der Waals surface area contributed by atoms with Crippen LogP contribution < -0.4 is 0 Å². The van der Waals surface area contributed by atoms with Crippen molar-refractivity contribution in [2.75, 3.05) is 6.61 Å². The molecule has 0 heterocycles. The Morgan fingerprint density at radius 1 is 1.21 bits per heavy atom. The van der Waals surface area contributed by atoms with Crippen LogP contribution in [0.25, 0.3) is 0 Å². The van der Waals surface area contributed by atoms with Gasteiger partial charge in [0, 0.05) is 0 Å². The van der Waals surface area contributed by atoms with Crippen LogP contribution >= 0.6 is 0 Å². The Labute approximate surface area is 89.9 Å². The molecule has 0 saturated heterocycles. The molecule has 1 heteroatoms. The third kappa shape index (κ3) is 17.3. The molecule has 0 aromatic carbocycles. The van der Waals surface area contributed by atoms with E-state index in [4.69, 9.17) is 5.11 Å². The maximum atomic E-state index is 8.70. The summed E-state index contributed by atoms with van der Waals surface area (Å²) in [6.45, 7) is 13.6. The van der Waals surface area contributed by atoms with E-state index in [0.29, 0.717) is 0 Å². The molecule has 0 fully saturated rings. The van der Waals surface area contributed by atoms with Gasteiger partial charge in [0.2, 0.25) is 0 Å². The topological polar surface area (TPSA) is 20.2 Å². The highest BCUT2D eigenvalue weighted by Crippen LogP contribution is 1.99. The zero-order chi connectivity index (χ0) is 11.8. The normalized spacial score (nSPS) is 9.71. The molecule has 0 rings (SSSR count). The van der Waals surface area contributed by atoms with Gasteiger partial charge in [-0.05, 0) is 18.9 Å². The molecule has 0 unspecified atom stereocenters. The van der Waals surface area contributed by atoms with E-state index in [1.54, 1.807) is 6.08 Å². The fourth-order valence-electron chi connectivity index (χ4n) is 0.589. The number of rotatable bonds is 4. The monoisotopic (exact) mass is 198 g/mol. The molecular formula is C13H26O. The molecule has 84 valence electrons. The zero-order valence-corrected chi connectivity index (χ0v) is 10.4. The molecule has 0 spiro atoms. The fraction of sp³-hybridized carbons (Fsp3) is 0.538. The Kier molecular flexibility index (Phi) is 30.7. The maximum Gasteiger partial charge on any atom is 0.0644 e. The number of allylic oxidation sites excluding steroid dienone is 4. The van der Waals surface area contributed by atoms with Crippen LogP contribution in [0, 0.1) is 0 Å². The molecule has 0 aliphatic rings. The Hall–Kier alpha value is -0.820. The first kappa shape index (κ1) is 18.9. The van der Waals surface area contributed by atoms with Gasteiger partial charge in [-0.25, -0.2) is 0 Å². The van der Waals surface area contributed by atoms with Gasteiger partial charge in [0.05, 0.1) is 6.61 Å². The van der Waals surface area contributed by atoms with E-state index in [2.05, 4.69) is 6.58 Å². The van der Waals surface area contributed by atoms with Crippen LogP contribution in [0.5, 0.6) is 0 Å². The van der Waals surface area contributed by atoms with Crippen molar-refractivity contribution >= 4 is 0 Å². The quantitative estimate of drug-likeness (QED) is 0.532. The van der Waals surface area contributed by atoms with E-state index in [9.17, 15) is 0 Å². The summed E-state index contributed by atoms with van der Waals surface area (Å²) >= 11 is 0. The first-order valence-corrected chi connectivity index (χ1v) is 5.37. The van der Waals surface area contributed by atoms with E-state index in [1.165, 1.54) is 0 Å². The Morgan fingerprint density at radius 3 is 2.00 bits per heavy atom. The van der Waals surface area contributed by atoms with Gasteiger partial charge in [-0.3, -0.25) is 0 Å². The first-order valence-electron chi connectivity index (χ1n) is 5.37. The van der Waals surface area contributed by atoms with E-state index in [1.807, 2.05) is 52.8 Å². The molecule has 1 N–H and O–H groups in total. The lowest BCUT2D eigenvalue weighted by Gasteiger charge is -1.95. The van der Waals surface area contributed by atoms with E-state index >= 15 is 0 Å². The van der Waals surface area contributed by atoms with Gasteiger partial charge in [-0.2, -0.15) is 0 Å². The summed E-state index contributed by atoms with van der Waals surface area (Å²) in [7, 11) is 0. The average molecular weight is 198 g/mol. The maximum absolute atomic E-state index is 8.70. The molecule has 0 saturated carbocycles. The van der Waals surface area contributed by atoms with Gasteiger partial charge in [-0.15, -0.1) is 0 Å². The fourth-order valence-corrected chi connectivity index (χ4v) is 0.589. The number of hydrogen-bond donors (Lipinski definition) is 1. The third-order valence-corrected chi connectivity index (χ3v) is 1.26. The number of aliphatic hydroxyl groups excluding tert-OH is 1. The van der Waals surface area contributed by atoms with Crippen LogP contribution in [0.1, 0.15) is 41.0 Å². The van der Waals surface area contributed by atoms with Crippen LogP contribution in [0.15, 0.2) is 36.5 Å². The molecule has 0 atom stereocenters. The van der Waals surface area contributed by atoms with Gasteiger partial charge < -0.3 is 5.11 Å². The molecule has 0 bridgehead atoms. The summed E-state index contributed by atoms with van der Waals surface area (Å²) in [5.74, 6) is 0. The standard InChI is InChI=1S/C9H14O.2C2H6/c1-3-5-6-7-9(4-2)8-10;2*1-2/h3-6,10H,1,7-8H2,2H3;2*1-2H3/b6-5-,9-4+;;. The highest BCUT2D eigenvalue weighted by molar-refractivity contribution is 5.09. The summed E-state index contributed by atoms with van der Waals surface area (Å²) < 4.78 is 0. The molecule has 14 heavy (non-hydrogen) atoms. The Morgan fingerprint density at radius 2 is 1.71 bits per heavy atom. The van der Waals surface area contributed by atoms with Crippen molar-refractivity contribution in [1.82, 2.24) is 0 Å². The summed E-state index contributed by atoms with van der Waals surface area (Å²) in [6.07, 6.45) is 8.31. The van der Waals surface area contributed by atoms with Crippen molar-refractivity contribution < 1.29 is 5.11 Å². The summed E-state index contributed by atoms with van der Waals surface area (Å²) in [5.41, 5.74) is 1.04. The minimum Gasteiger partial charge on any atom is -0.392 e. The van der Waals surface area contributed by atoms with Gasteiger partial charge in [0.1, 0.15) is 0 Å². The van der Waals surface area contributed by atoms with Crippen molar-refractivity contribution in [3.05, 3.63) is 36.5 Å².